The van der Waals surface area contributed by atoms with Gasteiger partial charge in [-0.3, -0.25) is 9.78 Å². The molecule has 0 atom stereocenters. The summed E-state index contributed by atoms with van der Waals surface area (Å²) >= 11 is 0. The molecule has 3 rings (SSSR count). The molecule has 2 nitrogen and oxygen atoms in total. The average Bonchev–Trinajstić information content (AvgIpc) is 2.65. The number of carbonyl (C=O) groups excluding carboxylic acids is 1. The minimum atomic E-state index is 0.610. The third kappa shape index (κ3) is 3.88. The second-order valence-electron chi connectivity index (χ2n) is 5.71. The van der Waals surface area contributed by atoms with Gasteiger partial charge in [0.15, 0.2) is 6.29 Å². The quantitative estimate of drug-likeness (QED) is 0.384. The van der Waals surface area contributed by atoms with Crippen molar-refractivity contribution < 1.29 is 4.79 Å². The number of hydrogen-bond donors (Lipinski definition) is 0. The molecule has 24 heavy (non-hydrogen) atoms. The topological polar surface area (TPSA) is 30.0 Å². The Hall–Kier alpha value is -2.92. The van der Waals surface area contributed by atoms with Crippen LogP contribution in [-0.2, 0) is 6.42 Å². The third-order valence-corrected chi connectivity index (χ3v) is 4.01. The lowest BCUT2D eigenvalue weighted by Gasteiger charge is -2.02. The lowest BCUT2D eigenvalue weighted by Crippen LogP contribution is -1.89. The summed E-state index contributed by atoms with van der Waals surface area (Å²) in [4.78, 5) is 15.4. The Labute approximate surface area is 142 Å². The summed E-state index contributed by atoms with van der Waals surface area (Å²) in [5.41, 5.74) is 3.65. The van der Waals surface area contributed by atoms with Crippen molar-refractivity contribution in [3.63, 3.8) is 0 Å². The number of aldehydes is 1. The maximum absolute atomic E-state index is 11.1. The van der Waals surface area contributed by atoms with Crippen LogP contribution in [0.1, 0.15) is 40.7 Å². The van der Waals surface area contributed by atoms with E-state index in [0.717, 1.165) is 48.4 Å². The molecule has 1 heterocycles. The van der Waals surface area contributed by atoms with E-state index in [-0.39, 0.29) is 0 Å². The highest BCUT2D eigenvalue weighted by Gasteiger charge is 2.04. The number of nitrogens with zero attached hydrogens (tertiary/aromatic N) is 1. The lowest BCUT2D eigenvalue weighted by molar-refractivity contribution is 0.112. The van der Waals surface area contributed by atoms with Crippen LogP contribution in [0, 0.1) is 11.8 Å². The van der Waals surface area contributed by atoms with Gasteiger partial charge in [-0.2, -0.15) is 0 Å². The number of benzene rings is 2. The standard InChI is InChI=1S/C22H19NO/c24-17-20-15-14-19(21-13-8-16-23-22(20)21)12-7-2-1-4-9-18-10-5-3-6-11-18/h3,5-6,8,10-11,13-17H,1-2,4,9H2. The van der Waals surface area contributed by atoms with E-state index in [1.54, 1.807) is 12.3 Å². The molecule has 2 aromatic carbocycles. The van der Waals surface area contributed by atoms with Crippen LogP contribution in [0.4, 0.5) is 0 Å². The van der Waals surface area contributed by atoms with Crippen molar-refractivity contribution in [1.29, 1.82) is 0 Å². The highest BCUT2D eigenvalue weighted by Crippen LogP contribution is 2.19. The summed E-state index contributed by atoms with van der Waals surface area (Å²) in [6.45, 7) is 0. The van der Waals surface area contributed by atoms with Crippen LogP contribution in [0.3, 0.4) is 0 Å². The van der Waals surface area contributed by atoms with Gasteiger partial charge in [-0.15, -0.1) is 0 Å². The van der Waals surface area contributed by atoms with Crippen LogP contribution in [0.25, 0.3) is 10.9 Å². The first-order valence-corrected chi connectivity index (χ1v) is 8.24. The molecule has 0 radical (unpaired) electrons. The van der Waals surface area contributed by atoms with Crippen molar-refractivity contribution in [3.8, 4) is 11.8 Å². The normalized spacial score (nSPS) is 10.2. The first-order chi connectivity index (χ1) is 11.9. The number of unbranched alkanes of at least 4 members (excludes halogenated alkanes) is 2. The lowest BCUT2D eigenvalue weighted by atomic mass is 10.0. The van der Waals surface area contributed by atoms with Crippen molar-refractivity contribution in [1.82, 2.24) is 4.98 Å². The molecule has 0 fully saturated rings. The van der Waals surface area contributed by atoms with Crippen LogP contribution >= 0.6 is 0 Å². The highest BCUT2D eigenvalue weighted by molar-refractivity contribution is 5.98. The molecule has 0 bridgehead atoms. The fourth-order valence-electron chi connectivity index (χ4n) is 2.74. The van der Waals surface area contributed by atoms with Gasteiger partial charge in [0.25, 0.3) is 0 Å². The minimum absolute atomic E-state index is 0.610. The van der Waals surface area contributed by atoms with Crippen LogP contribution in [0.2, 0.25) is 0 Å². The van der Waals surface area contributed by atoms with E-state index < -0.39 is 0 Å². The number of aryl methyl sites for hydroxylation is 1. The molecular weight excluding hydrogens is 294 g/mol. The molecular formula is C22H19NO. The Morgan fingerprint density at radius 2 is 1.83 bits per heavy atom. The van der Waals surface area contributed by atoms with E-state index in [9.17, 15) is 4.79 Å². The van der Waals surface area contributed by atoms with Gasteiger partial charge in [0.05, 0.1) is 5.52 Å². The maximum atomic E-state index is 11.1. The van der Waals surface area contributed by atoms with E-state index in [0.29, 0.717) is 5.56 Å². The van der Waals surface area contributed by atoms with Crippen molar-refractivity contribution in [3.05, 3.63) is 77.5 Å². The Kier molecular flexibility index (Phi) is 5.37. The Morgan fingerprint density at radius 1 is 0.958 bits per heavy atom. The van der Waals surface area contributed by atoms with Crippen molar-refractivity contribution in [2.75, 3.05) is 0 Å². The number of carbonyl (C=O) groups is 1. The number of fused-ring (bicyclic) bond motifs is 1. The van der Waals surface area contributed by atoms with Gasteiger partial charge in [0.2, 0.25) is 0 Å². The molecule has 3 aromatic rings. The van der Waals surface area contributed by atoms with Gasteiger partial charge in [-0.1, -0.05) is 48.2 Å². The predicted molar refractivity (Wildman–Crippen MR) is 98.0 cm³/mol. The Balaban J connectivity index is 1.62. The van der Waals surface area contributed by atoms with Gasteiger partial charge in [0, 0.05) is 29.1 Å². The third-order valence-electron chi connectivity index (χ3n) is 4.01. The van der Waals surface area contributed by atoms with Crippen molar-refractivity contribution >= 4 is 17.2 Å². The van der Waals surface area contributed by atoms with Crippen LogP contribution < -0.4 is 0 Å². The van der Waals surface area contributed by atoms with Gasteiger partial charge in [-0.25, -0.2) is 0 Å². The Bertz CT molecular complexity index is 888. The van der Waals surface area contributed by atoms with Crippen LogP contribution in [-0.4, -0.2) is 11.3 Å². The minimum Gasteiger partial charge on any atom is -0.298 e. The fraction of sp³-hybridized carbons (Fsp3) is 0.182. The predicted octanol–water partition coefficient (Wildman–Crippen LogP) is 4.81. The molecule has 0 aliphatic carbocycles. The molecule has 0 spiro atoms. The van der Waals surface area contributed by atoms with E-state index >= 15 is 0 Å². The van der Waals surface area contributed by atoms with Gasteiger partial charge < -0.3 is 0 Å². The SMILES string of the molecule is O=Cc1ccc(C#CCCCCc2ccccc2)c2cccnc12. The summed E-state index contributed by atoms with van der Waals surface area (Å²) in [5.74, 6) is 6.48. The average molecular weight is 313 g/mol. The smallest absolute Gasteiger partial charge is 0.152 e. The van der Waals surface area contributed by atoms with E-state index in [2.05, 4.69) is 41.1 Å². The second-order valence-corrected chi connectivity index (χ2v) is 5.71. The summed E-state index contributed by atoms with van der Waals surface area (Å²) in [5, 5.41) is 0.943. The van der Waals surface area contributed by atoms with Crippen molar-refractivity contribution in [2.45, 2.75) is 25.7 Å². The second kappa shape index (κ2) is 8.08. The van der Waals surface area contributed by atoms with Crippen molar-refractivity contribution in [2.24, 2.45) is 0 Å². The molecule has 0 N–H and O–H groups in total. The van der Waals surface area contributed by atoms with Crippen LogP contribution in [0.5, 0.6) is 0 Å². The first-order valence-electron chi connectivity index (χ1n) is 8.24. The van der Waals surface area contributed by atoms with E-state index in [1.807, 2.05) is 24.3 Å². The van der Waals surface area contributed by atoms with E-state index in [1.165, 1.54) is 5.56 Å². The number of aromatic nitrogens is 1. The zero-order valence-corrected chi connectivity index (χ0v) is 13.5. The number of pyridine rings is 1. The largest absolute Gasteiger partial charge is 0.298 e. The fourth-order valence-corrected chi connectivity index (χ4v) is 2.74. The maximum Gasteiger partial charge on any atom is 0.152 e. The summed E-state index contributed by atoms with van der Waals surface area (Å²) in [6, 6.07) is 18.1. The molecule has 0 unspecified atom stereocenters. The van der Waals surface area contributed by atoms with Gasteiger partial charge in [0.1, 0.15) is 0 Å². The summed E-state index contributed by atoms with van der Waals surface area (Å²) in [7, 11) is 0. The zero-order chi connectivity index (χ0) is 16.6. The summed E-state index contributed by atoms with van der Waals surface area (Å²) < 4.78 is 0. The molecule has 1 aromatic heterocycles. The van der Waals surface area contributed by atoms with Gasteiger partial charge >= 0.3 is 0 Å². The molecule has 0 saturated heterocycles. The molecule has 2 heteroatoms. The number of hydrogen-bond acceptors (Lipinski definition) is 2. The molecule has 0 saturated carbocycles. The summed E-state index contributed by atoms with van der Waals surface area (Å²) in [6.07, 6.45) is 6.76. The first kappa shape index (κ1) is 16.0. The molecule has 0 aliphatic rings. The monoisotopic (exact) mass is 313 g/mol. The van der Waals surface area contributed by atoms with Gasteiger partial charge in [-0.05, 0) is 43.0 Å². The van der Waals surface area contributed by atoms with Crippen LogP contribution in [0.15, 0.2) is 60.8 Å². The zero-order valence-electron chi connectivity index (χ0n) is 13.5. The molecule has 0 aliphatic heterocycles. The number of rotatable bonds is 5. The molecule has 118 valence electrons. The molecule has 0 amide bonds. The highest BCUT2D eigenvalue weighted by atomic mass is 16.1. The Morgan fingerprint density at radius 3 is 2.67 bits per heavy atom. The van der Waals surface area contributed by atoms with E-state index in [4.69, 9.17) is 0 Å².